The summed E-state index contributed by atoms with van der Waals surface area (Å²) >= 11 is 0. The van der Waals surface area contributed by atoms with E-state index in [0.29, 0.717) is 17.1 Å². The highest BCUT2D eigenvalue weighted by atomic mass is 16.6. The minimum absolute atomic E-state index is 0.121. The van der Waals surface area contributed by atoms with Gasteiger partial charge in [-0.1, -0.05) is 76.2 Å². The lowest BCUT2D eigenvalue weighted by molar-refractivity contribution is -0.347. The van der Waals surface area contributed by atoms with Crippen molar-refractivity contribution < 1.29 is 72.1 Å². The second-order valence-corrected chi connectivity index (χ2v) is 20.3. The molecular formula is C51H69NO15. The van der Waals surface area contributed by atoms with Gasteiger partial charge in [-0.3, -0.25) is 9.59 Å². The van der Waals surface area contributed by atoms with Crippen molar-refractivity contribution in [2.24, 2.45) is 22.7 Å². The lowest BCUT2D eigenvalue weighted by Gasteiger charge is -2.67. The first-order valence-electron chi connectivity index (χ1n) is 22.7. The molecule has 2 aromatic rings. The number of hydrogen-bond acceptors (Lipinski definition) is 15. The maximum atomic E-state index is 15.5. The largest absolute Gasteiger partial charge is 0.456 e. The monoisotopic (exact) mass is 935 g/mol. The van der Waals surface area contributed by atoms with E-state index in [2.05, 4.69) is 5.32 Å². The number of methoxy groups -OCH3 is 2. The Morgan fingerprint density at radius 3 is 1.99 bits per heavy atom. The number of aliphatic hydroxyl groups is 2. The summed E-state index contributed by atoms with van der Waals surface area (Å²) in [6, 6.07) is 15.1. The van der Waals surface area contributed by atoms with E-state index in [1.807, 2.05) is 13.8 Å². The molecule has 0 radical (unpaired) electrons. The normalized spacial score (nSPS) is 30.5. The number of ether oxygens (including phenoxy) is 7. The van der Waals surface area contributed by atoms with Crippen molar-refractivity contribution in [2.45, 2.75) is 155 Å². The fourth-order valence-corrected chi connectivity index (χ4v) is 10.6. The molecule has 1 aliphatic heterocycles. The van der Waals surface area contributed by atoms with Gasteiger partial charge in [0.15, 0.2) is 17.5 Å². The van der Waals surface area contributed by atoms with E-state index in [-0.39, 0.29) is 29.9 Å². The molecule has 16 nitrogen and oxygen atoms in total. The van der Waals surface area contributed by atoms with Crippen LogP contribution in [0.15, 0.2) is 71.8 Å². The molecule has 4 aliphatic rings. The quantitative estimate of drug-likeness (QED) is 0.123. The van der Waals surface area contributed by atoms with Crippen molar-refractivity contribution in [2.75, 3.05) is 20.8 Å². The van der Waals surface area contributed by atoms with Crippen molar-refractivity contribution in [1.82, 2.24) is 5.32 Å². The first kappa shape index (κ1) is 53.0. The highest BCUT2D eigenvalue weighted by molar-refractivity contribution is 5.94. The van der Waals surface area contributed by atoms with E-state index in [9.17, 15) is 34.2 Å². The van der Waals surface area contributed by atoms with Gasteiger partial charge in [-0.15, -0.1) is 0 Å². The summed E-state index contributed by atoms with van der Waals surface area (Å²) < 4.78 is 42.4. The molecule has 2 bridgehead atoms. The Kier molecular flexibility index (Phi) is 16.0. The Hall–Kier alpha value is -5.00. The van der Waals surface area contributed by atoms with Crippen molar-refractivity contribution in [1.29, 1.82) is 0 Å². The molecule has 2 aromatic carbocycles. The minimum Gasteiger partial charge on any atom is -0.456 e. The lowest BCUT2D eigenvalue weighted by atomic mass is 9.44. The van der Waals surface area contributed by atoms with Crippen molar-refractivity contribution >= 4 is 35.6 Å². The molecule has 16 heteroatoms. The molecule has 1 saturated heterocycles. The predicted octanol–water partition coefficient (Wildman–Crippen LogP) is 6.19. The van der Waals surface area contributed by atoms with Gasteiger partial charge in [0, 0.05) is 45.8 Å². The molecule has 6 rings (SSSR count). The summed E-state index contributed by atoms with van der Waals surface area (Å²) in [5.74, 6) is -3.71. The molecule has 0 spiro atoms. The van der Waals surface area contributed by atoms with Gasteiger partial charge >= 0.3 is 24.0 Å². The third-order valence-corrected chi connectivity index (χ3v) is 13.7. The number of rotatable bonds is 12. The number of esters is 3. The Balaban J connectivity index is 0.00000111. The highest BCUT2D eigenvalue weighted by Crippen LogP contribution is 2.64. The Morgan fingerprint density at radius 2 is 1.51 bits per heavy atom. The standard InChI is InChI=1S/C45H57NO14.C6H12O/c1-24-28(57-39(51)33(48)32(26-17-13-11-14-18-26)46-40(52)60-41(3,4)5)22-45(53)37(58-38(50)27-19-15-12-16-20-27)35-43(8,36(49)34(55-10)31(24)42(45,6)7)29(54-9)21-30-44(35,23-56-30)59-25(2)47;1-5(2)4-6(3)7/h11-20,28-30,32-35,37,48,53H,21-23H2,1-10H3,(H,46,52);5H,4H2,1-3H3/t28-,29-,30+,32-,33+,34+,35?,37-,43+,44-,45+;/m0./s1. The smallest absolute Gasteiger partial charge is 0.408 e. The second-order valence-electron chi connectivity index (χ2n) is 20.3. The third kappa shape index (κ3) is 10.4. The molecule has 67 heavy (non-hydrogen) atoms. The molecule has 1 unspecified atom stereocenters. The molecule has 1 amide bonds. The van der Waals surface area contributed by atoms with Crippen LogP contribution in [0.2, 0.25) is 0 Å². The molecule has 11 atom stereocenters. The van der Waals surface area contributed by atoms with Crippen LogP contribution in [0.3, 0.4) is 0 Å². The van der Waals surface area contributed by atoms with E-state index in [0.717, 1.165) is 6.42 Å². The average molecular weight is 936 g/mol. The number of aliphatic hydroxyl groups excluding tert-OH is 1. The van der Waals surface area contributed by atoms with Gasteiger partial charge in [0.1, 0.15) is 41.4 Å². The van der Waals surface area contributed by atoms with Crippen LogP contribution < -0.4 is 5.32 Å². The Bertz CT molecular complexity index is 2180. The van der Waals surface area contributed by atoms with Crippen LogP contribution in [0.25, 0.3) is 0 Å². The summed E-state index contributed by atoms with van der Waals surface area (Å²) in [5.41, 5.74) is -6.72. The van der Waals surface area contributed by atoms with Gasteiger partial charge in [0.25, 0.3) is 0 Å². The zero-order valence-electron chi connectivity index (χ0n) is 41.0. The highest BCUT2D eigenvalue weighted by Gasteiger charge is 2.78. The van der Waals surface area contributed by atoms with Gasteiger partial charge in [0.05, 0.1) is 35.6 Å². The molecule has 0 aromatic heterocycles. The average Bonchev–Trinajstić information content (AvgIpc) is 3.23. The number of nitrogens with one attached hydrogen (secondary N) is 1. The van der Waals surface area contributed by atoms with E-state index >= 15 is 4.79 Å². The molecule has 3 aliphatic carbocycles. The summed E-state index contributed by atoms with van der Waals surface area (Å²) in [4.78, 5) is 80.4. The first-order chi connectivity index (χ1) is 31.2. The maximum Gasteiger partial charge on any atom is 0.408 e. The number of benzene rings is 2. The third-order valence-electron chi connectivity index (χ3n) is 13.7. The number of amides is 1. The number of alkyl carbamates (subject to hydrolysis) is 1. The second kappa shape index (κ2) is 20.3. The molecule has 1 heterocycles. The predicted molar refractivity (Wildman–Crippen MR) is 243 cm³/mol. The zero-order valence-corrected chi connectivity index (χ0v) is 41.0. The van der Waals surface area contributed by atoms with Gasteiger partial charge in [-0.05, 0) is 76.3 Å². The molecule has 3 N–H and O–H groups in total. The number of ketones is 2. The van der Waals surface area contributed by atoms with Gasteiger partial charge < -0.3 is 53.5 Å². The lowest BCUT2D eigenvalue weighted by Crippen LogP contribution is -2.82. The maximum absolute atomic E-state index is 15.5. The SMILES string of the molecule is CC(=O)CC(C)C.CO[C@H]1C(=O)[C@@]2(C)C([C@H](OC(=O)c3ccccc3)[C@]3(O)C[C@H](OC(=O)[C@H](O)[C@@H](NC(=O)OC(C)(C)C)c4ccccc4)C(C)=C1C3(C)C)[C@]1(OC(C)=O)CO[C@@H]1C[C@@H]2OC. The minimum atomic E-state index is -2.22. The zero-order chi connectivity index (χ0) is 50.0. The van der Waals surface area contributed by atoms with Crippen molar-refractivity contribution in [3.63, 3.8) is 0 Å². The van der Waals surface area contributed by atoms with Crippen LogP contribution >= 0.6 is 0 Å². The van der Waals surface area contributed by atoms with Crippen LogP contribution in [-0.4, -0.2) is 120 Å². The van der Waals surface area contributed by atoms with E-state index in [1.54, 1.807) is 116 Å². The van der Waals surface area contributed by atoms with E-state index < -0.39 is 112 Å². The topological polar surface area (TPSA) is 220 Å². The van der Waals surface area contributed by atoms with Gasteiger partial charge in [0.2, 0.25) is 0 Å². The van der Waals surface area contributed by atoms with Crippen LogP contribution in [0.5, 0.6) is 0 Å². The molecule has 368 valence electrons. The van der Waals surface area contributed by atoms with Crippen LogP contribution in [0.4, 0.5) is 4.79 Å². The van der Waals surface area contributed by atoms with E-state index in [1.165, 1.54) is 21.1 Å². The molecular weight excluding hydrogens is 867 g/mol. The van der Waals surface area contributed by atoms with Gasteiger partial charge in [-0.2, -0.15) is 0 Å². The number of hydrogen-bond donors (Lipinski definition) is 3. The molecule has 2 saturated carbocycles. The summed E-state index contributed by atoms with van der Waals surface area (Å²) in [5, 5.41) is 28.0. The van der Waals surface area contributed by atoms with Crippen LogP contribution in [0, 0.1) is 22.7 Å². The number of carbonyl (C=O) groups excluding carboxylic acids is 6. The fourth-order valence-electron chi connectivity index (χ4n) is 10.6. The summed E-state index contributed by atoms with van der Waals surface area (Å²) in [7, 11) is 2.78. The van der Waals surface area contributed by atoms with E-state index in [4.69, 9.17) is 33.2 Å². The Labute approximate surface area is 393 Å². The summed E-state index contributed by atoms with van der Waals surface area (Å²) in [6.07, 6.45) is -8.59. The molecule has 3 fully saturated rings. The summed E-state index contributed by atoms with van der Waals surface area (Å²) in [6.45, 7) is 18.4. The number of fused-ring (bicyclic) bond motifs is 5. The van der Waals surface area contributed by atoms with Crippen molar-refractivity contribution in [3.8, 4) is 0 Å². The van der Waals surface area contributed by atoms with Crippen LogP contribution in [0.1, 0.15) is 117 Å². The van der Waals surface area contributed by atoms with Gasteiger partial charge in [-0.25, -0.2) is 14.4 Å². The number of carbonyl (C=O) groups is 6. The first-order valence-corrected chi connectivity index (χ1v) is 22.7. The van der Waals surface area contributed by atoms with Crippen LogP contribution in [-0.2, 0) is 52.3 Å². The number of Topliss-reactive ketones (excluding diaryl/α,β-unsaturated/α-hetero) is 2. The fraction of sp³-hybridized carbons (Fsp3) is 0.608. The Morgan fingerprint density at radius 1 is 0.910 bits per heavy atom. The van der Waals surface area contributed by atoms with Crippen molar-refractivity contribution in [3.05, 3.63) is 82.9 Å².